The highest BCUT2D eigenvalue weighted by Crippen LogP contribution is 2.44. The largest absolute Gasteiger partial charge is 0.363 e. The van der Waals surface area contributed by atoms with Crippen LogP contribution in [0.3, 0.4) is 0 Å². The molecule has 96 valence electrons. The molecule has 0 aromatic rings. The summed E-state index contributed by atoms with van der Waals surface area (Å²) in [5, 5.41) is 4.16. The second kappa shape index (κ2) is 4.29. The first-order chi connectivity index (χ1) is 7.94. The molecule has 0 atom stereocenters. The molecule has 5 heteroatoms. The van der Waals surface area contributed by atoms with Gasteiger partial charge in [0.2, 0.25) is 0 Å². The summed E-state index contributed by atoms with van der Waals surface area (Å²) in [6.07, 6.45) is 6.32. The number of hydrogen-bond donors (Lipinski definition) is 2. The summed E-state index contributed by atoms with van der Waals surface area (Å²) >= 11 is 0. The maximum absolute atomic E-state index is 10.8. The number of urea groups is 1. The number of ether oxygens (including phenoxy) is 1. The van der Waals surface area contributed by atoms with Gasteiger partial charge in [0.1, 0.15) is 5.60 Å². The van der Waals surface area contributed by atoms with Crippen molar-refractivity contribution in [3.8, 4) is 0 Å². The molecule has 1 saturated carbocycles. The molecule has 1 heterocycles. The van der Waals surface area contributed by atoms with E-state index in [4.69, 9.17) is 10.5 Å². The Morgan fingerprint density at radius 3 is 2.59 bits per heavy atom. The van der Waals surface area contributed by atoms with E-state index in [2.05, 4.69) is 24.4 Å². The maximum atomic E-state index is 10.8. The van der Waals surface area contributed by atoms with E-state index in [1.165, 1.54) is 6.42 Å². The van der Waals surface area contributed by atoms with Crippen molar-refractivity contribution in [2.24, 2.45) is 10.8 Å². The first-order valence-electron chi connectivity index (χ1n) is 6.26. The molecule has 3 N–H and O–H groups in total. The van der Waals surface area contributed by atoms with Gasteiger partial charge in [0.25, 0.3) is 0 Å². The lowest BCUT2D eigenvalue weighted by atomic mass is 9.81. The summed E-state index contributed by atoms with van der Waals surface area (Å²) in [5.41, 5.74) is 7.89. The first kappa shape index (κ1) is 12.4. The van der Waals surface area contributed by atoms with Gasteiger partial charge in [-0.25, -0.2) is 10.2 Å². The molecule has 1 aliphatic carbocycles. The van der Waals surface area contributed by atoms with Crippen LogP contribution in [0.5, 0.6) is 0 Å². The van der Waals surface area contributed by atoms with Crippen molar-refractivity contribution in [1.82, 2.24) is 5.43 Å². The summed E-state index contributed by atoms with van der Waals surface area (Å²) < 4.78 is 6.20. The van der Waals surface area contributed by atoms with Crippen LogP contribution in [0.1, 0.15) is 52.4 Å². The molecular weight excluding hydrogens is 218 g/mol. The van der Waals surface area contributed by atoms with E-state index in [-0.39, 0.29) is 11.2 Å². The summed E-state index contributed by atoms with van der Waals surface area (Å²) in [7, 11) is 0. The van der Waals surface area contributed by atoms with Crippen LogP contribution >= 0.6 is 0 Å². The normalized spacial score (nSPS) is 28.5. The minimum Gasteiger partial charge on any atom is -0.363 e. The predicted octanol–water partition coefficient (Wildman–Crippen LogP) is 1.91. The minimum absolute atomic E-state index is 0.199. The van der Waals surface area contributed by atoms with Gasteiger partial charge in [-0.2, -0.15) is 5.10 Å². The van der Waals surface area contributed by atoms with Crippen LogP contribution in [0.2, 0.25) is 0 Å². The van der Waals surface area contributed by atoms with Crippen LogP contribution in [0.4, 0.5) is 4.79 Å². The summed E-state index contributed by atoms with van der Waals surface area (Å²) in [6, 6.07) is -0.617. The van der Waals surface area contributed by atoms with Crippen molar-refractivity contribution in [1.29, 1.82) is 0 Å². The zero-order chi connectivity index (χ0) is 12.5. The minimum atomic E-state index is -0.617. The van der Waals surface area contributed by atoms with Gasteiger partial charge in [-0.05, 0) is 26.7 Å². The van der Waals surface area contributed by atoms with Gasteiger partial charge < -0.3 is 10.5 Å². The van der Waals surface area contributed by atoms with E-state index >= 15 is 0 Å². The van der Waals surface area contributed by atoms with Crippen LogP contribution < -0.4 is 11.2 Å². The van der Waals surface area contributed by atoms with E-state index in [0.717, 1.165) is 37.8 Å². The summed E-state index contributed by atoms with van der Waals surface area (Å²) in [6.45, 7) is 4.13. The number of hydrogen-bond acceptors (Lipinski definition) is 3. The Hall–Kier alpha value is -1.10. The molecular formula is C12H21N3O2. The summed E-state index contributed by atoms with van der Waals surface area (Å²) in [5.74, 6) is 0. The van der Waals surface area contributed by atoms with Crippen molar-refractivity contribution in [3.63, 3.8) is 0 Å². The van der Waals surface area contributed by atoms with Crippen LogP contribution in [-0.2, 0) is 4.74 Å². The highest BCUT2D eigenvalue weighted by molar-refractivity contribution is 5.95. The van der Waals surface area contributed by atoms with Crippen LogP contribution in [-0.4, -0.2) is 22.9 Å². The maximum Gasteiger partial charge on any atom is 0.332 e. The SMILES string of the molecule is CC1(C)CC(=NNC(N)=O)C2(CCCCC2)O1. The number of carbonyl (C=O) groups excluding carboxylic acids is 1. The quantitative estimate of drug-likeness (QED) is 0.686. The lowest BCUT2D eigenvalue weighted by molar-refractivity contribution is -0.0856. The van der Waals surface area contributed by atoms with E-state index in [1.807, 2.05) is 0 Å². The molecule has 0 radical (unpaired) electrons. The number of nitrogens with zero attached hydrogens (tertiary/aromatic N) is 1. The topological polar surface area (TPSA) is 76.7 Å². The molecule has 1 spiro atoms. The van der Waals surface area contributed by atoms with Crippen molar-refractivity contribution in [3.05, 3.63) is 0 Å². The van der Waals surface area contributed by atoms with Gasteiger partial charge in [-0.1, -0.05) is 19.3 Å². The first-order valence-corrected chi connectivity index (χ1v) is 6.26. The highest BCUT2D eigenvalue weighted by atomic mass is 16.5. The van der Waals surface area contributed by atoms with E-state index in [0.29, 0.717) is 0 Å². The van der Waals surface area contributed by atoms with Gasteiger partial charge in [0.05, 0.1) is 11.3 Å². The van der Waals surface area contributed by atoms with Gasteiger partial charge in [-0.15, -0.1) is 0 Å². The van der Waals surface area contributed by atoms with Crippen molar-refractivity contribution >= 4 is 11.7 Å². The number of nitrogens with two attached hydrogens (primary N) is 1. The van der Waals surface area contributed by atoms with E-state index < -0.39 is 6.03 Å². The molecule has 2 rings (SSSR count). The molecule has 2 aliphatic rings. The van der Waals surface area contributed by atoms with E-state index in [9.17, 15) is 4.79 Å². The van der Waals surface area contributed by atoms with Gasteiger partial charge in [0, 0.05) is 6.42 Å². The average Bonchev–Trinajstić information content (AvgIpc) is 2.47. The average molecular weight is 239 g/mol. The molecule has 0 unspecified atom stereocenters. The fraction of sp³-hybridized carbons (Fsp3) is 0.833. The molecule has 17 heavy (non-hydrogen) atoms. The Kier molecular flexibility index (Phi) is 3.12. The molecule has 2 fully saturated rings. The number of amides is 2. The Labute approximate surface area is 102 Å². The third-order valence-electron chi connectivity index (χ3n) is 3.55. The van der Waals surface area contributed by atoms with Crippen LogP contribution in [0.25, 0.3) is 0 Å². The summed E-state index contributed by atoms with van der Waals surface area (Å²) in [4.78, 5) is 10.8. The van der Waals surface area contributed by atoms with Gasteiger partial charge >= 0.3 is 6.03 Å². The molecule has 1 aliphatic heterocycles. The Bertz CT molecular complexity index is 344. The molecule has 2 amide bonds. The zero-order valence-corrected chi connectivity index (χ0v) is 10.6. The number of carbonyl (C=O) groups is 1. The van der Waals surface area contributed by atoms with E-state index in [1.54, 1.807) is 0 Å². The number of hydrazone groups is 1. The smallest absolute Gasteiger partial charge is 0.332 e. The third-order valence-corrected chi connectivity index (χ3v) is 3.55. The van der Waals surface area contributed by atoms with Crippen molar-refractivity contribution in [2.75, 3.05) is 0 Å². The second-order valence-corrected chi connectivity index (χ2v) is 5.63. The Morgan fingerprint density at radius 2 is 2.00 bits per heavy atom. The van der Waals surface area contributed by atoms with Crippen LogP contribution in [0.15, 0.2) is 5.10 Å². The van der Waals surface area contributed by atoms with Crippen LogP contribution in [0, 0.1) is 0 Å². The standard InChI is InChI=1S/C12H21N3O2/c1-11(2)8-9(14-15-10(13)16)12(17-11)6-4-3-5-7-12/h3-8H2,1-2H3,(H3,13,15,16). The lowest BCUT2D eigenvalue weighted by Crippen LogP contribution is -2.40. The molecule has 0 aromatic carbocycles. The van der Waals surface area contributed by atoms with Crippen molar-refractivity contribution in [2.45, 2.75) is 63.6 Å². The van der Waals surface area contributed by atoms with Gasteiger partial charge in [-0.3, -0.25) is 0 Å². The molecule has 0 aromatic heterocycles. The Morgan fingerprint density at radius 1 is 1.35 bits per heavy atom. The molecule has 1 saturated heterocycles. The highest BCUT2D eigenvalue weighted by Gasteiger charge is 2.49. The fourth-order valence-corrected chi connectivity index (χ4v) is 2.97. The predicted molar refractivity (Wildman–Crippen MR) is 65.8 cm³/mol. The number of nitrogens with one attached hydrogen (secondary N) is 1. The molecule has 0 bridgehead atoms. The lowest BCUT2D eigenvalue weighted by Gasteiger charge is -2.34. The fourth-order valence-electron chi connectivity index (χ4n) is 2.97. The van der Waals surface area contributed by atoms with Crippen molar-refractivity contribution < 1.29 is 9.53 Å². The number of primary amides is 1. The zero-order valence-electron chi connectivity index (χ0n) is 10.6. The van der Waals surface area contributed by atoms with Gasteiger partial charge in [0.15, 0.2) is 0 Å². The Balaban J connectivity index is 2.21. The second-order valence-electron chi connectivity index (χ2n) is 5.63. The molecule has 5 nitrogen and oxygen atoms in total. The third kappa shape index (κ3) is 2.60. The number of rotatable bonds is 1. The monoisotopic (exact) mass is 239 g/mol.